The van der Waals surface area contributed by atoms with Crippen LogP contribution in [-0.4, -0.2) is 37.0 Å². The summed E-state index contributed by atoms with van der Waals surface area (Å²) in [6, 6.07) is 5.03. The van der Waals surface area contributed by atoms with Crippen molar-refractivity contribution in [1.82, 2.24) is 10.2 Å². The molecule has 1 saturated heterocycles. The minimum Gasteiger partial charge on any atom is -0.338 e. The second kappa shape index (κ2) is 6.48. The van der Waals surface area contributed by atoms with Gasteiger partial charge in [0.25, 0.3) is 0 Å². The average molecular weight is 329 g/mol. The fourth-order valence-corrected chi connectivity index (χ4v) is 2.96. The van der Waals surface area contributed by atoms with E-state index in [1.54, 1.807) is 12.1 Å². The summed E-state index contributed by atoms with van der Waals surface area (Å²) in [4.78, 5) is 14.2. The number of carbonyl (C=O) groups excluding carboxylic acids is 1. The maximum atomic E-state index is 13.1. The largest absolute Gasteiger partial charge is 0.338 e. The molecule has 0 radical (unpaired) electrons. The summed E-state index contributed by atoms with van der Waals surface area (Å²) in [6.07, 6.45) is 2.45. The van der Waals surface area contributed by atoms with Gasteiger partial charge in [-0.05, 0) is 53.5 Å². The van der Waals surface area contributed by atoms with Crippen LogP contribution in [0.2, 0.25) is 0 Å². The van der Waals surface area contributed by atoms with Crippen LogP contribution in [0.15, 0.2) is 22.7 Å². The van der Waals surface area contributed by atoms with Gasteiger partial charge in [0.2, 0.25) is 5.91 Å². The van der Waals surface area contributed by atoms with Crippen LogP contribution in [-0.2, 0) is 11.2 Å². The molecular weight excluding hydrogens is 311 g/mol. The van der Waals surface area contributed by atoms with Gasteiger partial charge in [-0.3, -0.25) is 4.79 Å². The molecule has 2 rings (SSSR count). The smallest absolute Gasteiger partial charge is 0.227 e. The molecule has 0 saturated carbocycles. The van der Waals surface area contributed by atoms with Crippen molar-refractivity contribution in [1.29, 1.82) is 0 Å². The Kier molecular flexibility index (Phi) is 4.93. The van der Waals surface area contributed by atoms with E-state index in [0.717, 1.165) is 31.5 Å². The molecule has 1 N–H and O–H groups in total. The molecule has 104 valence electrons. The number of halogens is 2. The van der Waals surface area contributed by atoms with Crippen LogP contribution in [0.5, 0.6) is 0 Å². The lowest BCUT2D eigenvalue weighted by atomic mass is 10.1. The highest BCUT2D eigenvalue weighted by Gasteiger charge is 2.27. The predicted octanol–water partition coefficient (Wildman–Crippen LogP) is 2.34. The lowest BCUT2D eigenvalue weighted by molar-refractivity contribution is -0.131. The van der Waals surface area contributed by atoms with Crippen LogP contribution in [0.4, 0.5) is 4.39 Å². The zero-order valence-corrected chi connectivity index (χ0v) is 12.5. The van der Waals surface area contributed by atoms with Gasteiger partial charge in [0.1, 0.15) is 5.82 Å². The number of likely N-dealkylation sites (tertiary alicyclic amines) is 1. The van der Waals surface area contributed by atoms with Crippen LogP contribution >= 0.6 is 15.9 Å². The van der Waals surface area contributed by atoms with Gasteiger partial charge in [0.15, 0.2) is 0 Å². The molecule has 1 aliphatic heterocycles. The van der Waals surface area contributed by atoms with Crippen LogP contribution in [0.1, 0.15) is 18.4 Å². The Bertz CT molecular complexity index is 467. The maximum absolute atomic E-state index is 13.1. The highest BCUT2D eigenvalue weighted by atomic mass is 79.9. The summed E-state index contributed by atoms with van der Waals surface area (Å²) in [6.45, 7) is 1.66. The zero-order chi connectivity index (χ0) is 13.8. The van der Waals surface area contributed by atoms with E-state index in [2.05, 4.69) is 21.2 Å². The van der Waals surface area contributed by atoms with Crippen molar-refractivity contribution in [3.8, 4) is 0 Å². The molecular formula is C14H18BrFN2O. The average Bonchev–Trinajstić information content (AvgIpc) is 2.83. The van der Waals surface area contributed by atoms with Crippen LogP contribution < -0.4 is 5.32 Å². The number of hydrogen-bond acceptors (Lipinski definition) is 2. The number of nitrogens with one attached hydrogen (secondary N) is 1. The lowest BCUT2D eigenvalue weighted by Crippen LogP contribution is -2.41. The summed E-state index contributed by atoms with van der Waals surface area (Å²) in [7, 11) is 1.90. The van der Waals surface area contributed by atoms with Gasteiger partial charge in [0, 0.05) is 19.1 Å². The molecule has 1 aromatic carbocycles. The standard InChI is InChI=1S/C14H18BrFN2O/c1-17-9-11-3-2-6-18(11)14(19)8-10-4-5-13(16)12(15)7-10/h4-5,7,11,17H,2-3,6,8-9H2,1H3. The molecule has 0 spiro atoms. The van der Waals surface area contributed by atoms with E-state index in [1.807, 2.05) is 11.9 Å². The van der Waals surface area contributed by atoms with Crippen LogP contribution in [0.25, 0.3) is 0 Å². The maximum Gasteiger partial charge on any atom is 0.227 e. The normalized spacial score (nSPS) is 18.9. The number of likely N-dealkylation sites (N-methyl/N-ethyl adjacent to an activating group) is 1. The SMILES string of the molecule is CNCC1CCCN1C(=O)Cc1ccc(F)c(Br)c1. The Morgan fingerprint density at radius 2 is 2.37 bits per heavy atom. The first-order valence-electron chi connectivity index (χ1n) is 6.50. The van der Waals surface area contributed by atoms with Gasteiger partial charge in [-0.1, -0.05) is 6.07 Å². The van der Waals surface area contributed by atoms with E-state index in [4.69, 9.17) is 0 Å². The number of nitrogens with zero attached hydrogens (tertiary/aromatic N) is 1. The number of amides is 1. The quantitative estimate of drug-likeness (QED) is 0.920. The minimum absolute atomic E-state index is 0.122. The van der Waals surface area contributed by atoms with Gasteiger partial charge < -0.3 is 10.2 Å². The highest BCUT2D eigenvalue weighted by Crippen LogP contribution is 2.20. The Morgan fingerprint density at radius 3 is 3.05 bits per heavy atom. The summed E-state index contributed by atoms with van der Waals surface area (Å²) in [5.74, 6) is -0.179. The van der Waals surface area contributed by atoms with Crippen molar-refractivity contribution in [3.63, 3.8) is 0 Å². The predicted molar refractivity (Wildman–Crippen MR) is 76.5 cm³/mol. The van der Waals surface area contributed by atoms with E-state index < -0.39 is 0 Å². The van der Waals surface area contributed by atoms with E-state index >= 15 is 0 Å². The number of hydrogen-bond donors (Lipinski definition) is 1. The topological polar surface area (TPSA) is 32.3 Å². The molecule has 19 heavy (non-hydrogen) atoms. The summed E-state index contributed by atoms with van der Waals surface area (Å²) in [5.41, 5.74) is 0.841. The zero-order valence-electron chi connectivity index (χ0n) is 11.0. The molecule has 1 unspecified atom stereocenters. The third-order valence-electron chi connectivity index (χ3n) is 3.48. The van der Waals surface area contributed by atoms with E-state index in [1.165, 1.54) is 6.07 Å². The third-order valence-corrected chi connectivity index (χ3v) is 4.08. The molecule has 5 heteroatoms. The molecule has 1 heterocycles. The molecule has 0 bridgehead atoms. The molecule has 1 amide bonds. The number of benzene rings is 1. The van der Waals surface area contributed by atoms with Crippen molar-refractivity contribution in [2.45, 2.75) is 25.3 Å². The van der Waals surface area contributed by atoms with Gasteiger partial charge in [-0.2, -0.15) is 0 Å². The highest BCUT2D eigenvalue weighted by molar-refractivity contribution is 9.10. The second-order valence-corrected chi connectivity index (χ2v) is 5.72. The van der Waals surface area contributed by atoms with E-state index in [-0.39, 0.29) is 11.7 Å². The molecule has 0 aliphatic carbocycles. The van der Waals surface area contributed by atoms with Gasteiger partial charge >= 0.3 is 0 Å². The number of carbonyl (C=O) groups is 1. The van der Waals surface area contributed by atoms with Crippen molar-refractivity contribution in [3.05, 3.63) is 34.1 Å². The molecule has 1 aliphatic rings. The summed E-state index contributed by atoms with van der Waals surface area (Å²) >= 11 is 3.15. The summed E-state index contributed by atoms with van der Waals surface area (Å²) < 4.78 is 13.6. The van der Waals surface area contributed by atoms with Crippen molar-refractivity contribution in [2.24, 2.45) is 0 Å². The van der Waals surface area contributed by atoms with E-state index in [0.29, 0.717) is 16.9 Å². The van der Waals surface area contributed by atoms with Gasteiger partial charge in [-0.25, -0.2) is 4.39 Å². The molecule has 3 nitrogen and oxygen atoms in total. The Labute approximate surface area is 121 Å². The minimum atomic E-state index is -0.301. The molecule has 1 fully saturated rings. The molecule has 0 aromatic heterocycles. The fourth-order valence-electron chi connectivity index (χ4n) is 2.54. The molecule has 1 atom stereocenters. The van der Waals surface area contributed by atoms with E-state index in [9.17, 15) is 9.18 Å². The van der Waals surface area contributed by atoms with Crippen LogP contribution in [0.3, 0.4) is 0 Å². The molecule has 1 aromatic rings. The van der Waals surface area contributed by atoms with Crippen LogP contribution in [0, 0.1) is 5.82 Å². The Balaban J connectivity index is 2.02. The Hall–Kier alpha value is -0.940. The second-order valence-electron chi connectivity index (χ2n) is 4.87. The number of rotatable bonds is 4. The van der Waals surface area contributed by atoms with Crippen molar-refractivity contribution < 1.29 is 9.18 Å². The first-order valence-corrected chi connectivity index (χ1v) is 7.29. The van der Waals surface area contributed by atoms with Gasteiger partial charge in [0.05, 0.1) is 10.9 Å². The monoisotopic (exact) mass is 328 g/mol. The fraction of sp³-hybridized carbons (Fsp3) is 0.500. The third kappa shape index (κ3) is 3.54. The first-order chi connectivity index (χ1) is 9.11. The van der Waals surface area contributed by atoms with Gasteiger partial charge in [-0.15, -0.1) is 0 Å². The lowest BCUT2D eigenvalue weighted by Gasteiger charge is -2.24. The van der Waals surface area contributed by atoms with Crippen molar-refractivity contribution >= 4 is 21.8 Å². The summed E-state index contributed by atoms with van der Waals surface area (Å²) in [5, 5.41) is 3.12. The first kappa shape index (κ1) is 14.5. The van der Waals surface area contributed by atoms with Crippen molar-refractivity contribution in [2.75, 3.05) is 20.1 Å². The Morgan fingerprint density at radius 1 is 1.58 bits per heavy atom.